The Morgan fingerprint density at radius 2 is 1.57 bits per heavy atom. The first-order valence-electron chi connectivity index (χ1n) is 7.58. The second-order valence-corrected chi connectivity index (χ2v) is 5.65. The number of hydrogen-bond acceptors (Lipinski definition) is 3. The second kappa shape index (κ2) is 7.58. The molecular weight excluding hydrogens is 290 g/mol. The van der Waals surface area contributed by atoms with Crippen LogP contribution in [0.3, 0.4) is 0 Å². The first-order chi connectivity index (χ1) is 10.9. The molecule has 23 heavy (non-hydrogen) atoms. The summed E-state index contributed by atoms with van der Waals surface area (Å²) >= 11 is 0. The van der Waals surface area contributed by atoms with Crippen molar-refractivity contribution < 1.29 is 14.3 Å². The van der Waals surface area contributed by atoms with E-state index in [-0.39, 0.29) is 18.7 Å². The number of benzene rings is 2. The Bertz CT molecular complexity index is 705. The molecule has 120 valence electrons. The summed E-state index contributed by atoms with van der Waals surface area (Å²) in [7, 11) is 0. The Labute approximate surface area is 136 Å². The van der Waals surface area contributed by atoms with Gasteiger partial charge in [0.1, 0.15) is 5.75 Å². The van der Waals surface area contributed by atoms with E-state index >= 15 is 0 Å². The van der Waals surface area contributed by atoms with Gasteiger partial charge in [0.2, 0.25) is 5.91 Å². The number of carbonyl (C=O) groups excluding carboxylic acids is 2. The van der Waals surface area contributed by atoms with Crippen LogP contribution in [0.25, 0.3) is 0 Å². The Hall–Kier alpha value is -2.62. The number of esters is 1. The van der Waals surface area contributed by atoms with Gasteiger partial charge in [-0.1, -0.05) is 29.8 Å². The van der Waals surface area contributed by atoms with Crippen molar-refractivity contribution in [3.8, 4) is 5.75 Å². The topological polar surface area (TPSA) is 55.4 Å². The van der Waals surface area contributed by atoms with Crippen LogP contribution in [0.15, 0.2) is 42.5 Å². The van der Waals surface area contributed by atoms with Crippen LogP contribution >= 0.6 is 0 Å². The van der Waals surface area contributed by atoms with Gasteiger partial charge in [-0.15, -0.1) is 0 Å². The molecule has 0 unspecified atom stereocenters. The molecule has 2 rings (SSSR count). The van der Waals surface area contributed by atoms with E-state index in [9.17, 15) is 9.59 Å². The Kier molecular flexibility index (Phi) is 5.52. The predicted molar refractivity (Wildman–Crippen MR) is 90.6 cm³/mol. The molecule has 0 aliphatic carbocycles. The number of aryl methyl sites for hydroxylation is 3. The molecule has 0 saturated heterocycles. The number of anilines is 1. The monoisotopic (exact) mass is 311 g/mol. The van der Waals surface area contributed by atoms with E-state index in [1.165, 1.54) is 0 Å². The van der Waals surface area contributed by atoms with Crippen LogP contribution in [-0.2, 0) is 9.59 Å². The number of rotatable bonds is 5. The lowest BCUT2D eigenvalue weighted by Gasteiger charge is -2.09. The van der Waals surface area contributed by atoms with Gasteiger partial charge >= 0.3 is 5.97 Å². The van der Waals surface area contributed by atoms with Crippen LogP contribution in [0, 0.1) is 20.8 Å². The van der Waals surface area contributed by atoms with Gasteiger partial charge in [0.25, 0.3) is 0 Å². The van der Waals surface area contributed by atoms with Gasteiger partial charge in [-0.05, 0) is 50.1 Å². The summed E-state index contributed by atoms with van der Waals surface area (Å²) in [6, 6.07) is 13.1. The molecule has 0 fully saturated rings. The second-order valence-electron chi connectivity index (χ2n) is 5.65. The van der Waals surface area contributed by atoms with E-state index in [0.717, 1.165) is 22.4 Å². The maximum Gasteiger partial charge on any atom is 0.311 e. The summed E-state index contributed by atoms with van der Waals surface area (Å²) in [4.78, 5) is 23.7. The highest BCUT2D eigenvalue weighted by atomic mass is 16.5. The zero-order valence-corrected chi connectivity index (χ0v) is 13.7. The summed E-state index contributed by atoms with van der Waals surface area (Å²) in [5, 5.41) is 2.83. The fraction of sp³-hybridized carbons (Fsp3) is 0.263. The lowest BCUT2D eigenvalue weighted by molar-refractivity contribution is -0.135. The quantitative estimate of drug-likeness (QED) is 0.672. The Morgan fingerprint density at radius 1 is 0.913 bits per heavy atom. The first kappa shape index (κ1) is 16.7. The van der Waals surface area contributed by atoms with Crippen LogP contribution in [0.5, 0.6) is 5.75 Å². The van der Waals surface area contributed by atoms with E-state index in [0.29, 0.717) is 5.75 Å². The number of nitrogens with one attached hydrogen (secondary N) is 1. The van der Waals surface area contributed by atoms with Gasteiger partial charge in [0, 0.05) is 12.1 Å². The molecule has 0 heterocycles. The molecule has 2 aromatic rings. The van der Waals surface area contributed by atoms with Crippen molar-refractivity contribution >= 4 is 17.6 Å². The Morgan fingerprint density at radius 3 is 2.26 bits per heavy atom. The molecule has 1 N–H and O–H groups in total. The molecule has 0 aromatic heterocycles. The van der Waals surface area contributed by atoms with Crippen LogP contribution in [0.1, 0.15) is 29.5 Å². The van der Waals surface area contributed by atoms with Gasteiger partial charge in [-0.2, -0.15) is 0 Å². The van der Waals surface area contributed by atoms with E-state index in [1.807, 2.05) is 51.1 Å². The molecule has 4 nitrogen and oxygen atoms in total. The summed E-state index contributed by atoms with van der Waals surface area (Å²) in [5.74, 6) is -0.111. The third kappa shape index (κ3) is 5.25. The van der Waals surface area contributed by atoms with E-state index in [4.69, 9.17) is 4.74 Å². The first-order valence-corrected chi connectivity index (χ1v) is 7.58. The van der Waals surface area contributed by atoms with Gasteiger partial charge in [-0.3, -0.25) is 9.59 Å². The fourth-order valence-corrected chi connectivity index (χ4v) is 2.09. The van der Waals surface area contributed by atoms with Crippen LogP contribution < -0.4 is 10.1 Å². The van der Waals surface area contributed by atoms with Gasteiger partial charge in [0.05, 0.1) is 6.42 Å². The average molecular weight is 311 g/mol. The molecule has 2 aromatic carbocycles. The molecule has 0 saturated carbocycles. The van der Waals surface area contributed by atoms with Crippen molar-refractivity contribution in [2.45, 2.75) is 33.6 Å². The highest BCUT2D eigenvalue weighted by molar-refractivity contribution is 5.93. The Balaban J connectivity index is 1.83. The van der Waals surface area contributed by atoms with Crippen LogP contribution in [-0.4, -0.2) is 11.9 Å². The lowest BCUT2D eigenvalue weighted by Crippen LogP contribution is -2.16. The number of amides is 1. The molecule has 0 radical (unpaired) electrons. The minimum absolute atomic E-state index is 0.0462. The number of hydrogen-bond donors (Lipinski definition) is 1. The van der Waals surface area contributed by atoms with Crippen LogP contribution in [0.4, 0.5) is 5.69 Å². The largest absolute Gasteiger partial charge is 0.427 e. The number of carbonyl (C=O) groups is 2. The van der Waals surface area contributed by atoms with Crippen LogP contribution in [0.2, 0.25) is 0 Å². The third-order valence-corrected chi connectivity index (χ3v) is 3.48. The van der Waals surface area contributed by atoms with Gasteiger partial charge in [0.15, 0.2) is 0 Å². The third-order valence-electron chi connectivity index (χ3n) is 3.48. The van der Waals surface area contributed by atoms with Gasteiger partial charge < -0.3 is 10.1 Å². The van der Waals surface area contributed by atoms with Crippen molar-refractivity contribution in [2.24, 2.45) is 0 Å². The number of ether oxygens (including phenoxy) is 1. The summed E-state index contributed by atoms with van der Waals surface area (Å²) < 4.78 is 5.19. The van der Waals surface area contributed by atoms with Crippen molar-refractivity contribution in [2.75, 3.05) is 5.32 Å². The standard InChI is InChI=1S/C19H21NO3/c1-13-5-8-16(9-6-13)23-19(22)11-10-18(21)20-17-12-14(2)4-7-15(17)3/h4-9,12H,10-11H2,1-3H3,(H,20,21). The van der Waals surface area contributed by atoms with E-state index in [2.05, 4.69) is 5.32 Å². The van der Waals surface area contributed by atoms with Crippen molar-refractivity contribution in [1.29, 1.82) is 0 Å². The average Bonchev–Trinajstić information content (AvgIpc) is 2.51. The van der Waals surface area contributed by atoms with E-state index < -0.39 is 5.97 Å². The molecule has 0 spiro atoms. The summed E-state index contributed by atoms with van der Waals surface area (Å²) in [6.45, 7) is 5.86. The molecule has 0 atom stereocenters. The lowest BCUT2D eigenvalue weighted by atomic mass is 10.1. The summed E-state index contributed by atoms with van der Waals surface area (Å²) in [6.07, 6.45) is 0.142. The predicted octanol–water partition coefficient (Wildman–Crippen LogP) is 3.94. The summed E-state index contributed by atoms with van der Waals surface area (Å²) in [5.41, 5.74) is 3.94. The maximum atomic E-state index is 12.0. The molecule has 0 aliphatic heterocycles. The van der Waals surface area contributed by atoms with Gasteiger partial charge in [-0.25, -0.2) is 0 Å². The molecule has 0 bridgehead atoms. The molecular formula is C19H21NO3. The van der Waals surface area contributed by atoms with Crippen molar-refractivity contribution in [1.82, 2.24) is 0 Å². The van der Waals surface area contributed by atoms with Crippen molar-refractivity contribution in [3.63, 3.8) is 0 Å². The normalized spacial score (nSPS) is 10.2. The van der Waals surface area contributed by atoms with Crippen molar-refractivity contribution in [3.05, 3.63) is 59.2 Å². The zero-order chi connectivity index (χ0) is 16.8. The molecule has 0 aliphatic rings. The minimum Gasteiger partial charge on any atom is -0.427 e. The SMILES string of the molecule is Cc1ccc(OC(=O)CCC(=O)Nc2cc(C)ccc2C)cc1. The van der Waals surface area contributed by atoms with E-state index in [1.54, 1.807) is 12.1 Å². The highest BCUT2D eigenvalue weighted by Crippen LogP contribution is 2.17. The zero-order valence-electron chi connectivity index (χ0n) is 13.7. The minimum atomic E-state index is -0.412. The smallest absolute Gasteiger partial charge is 0.311 e. The molecule has 1 amide bonds. The highest BCUT2D eigenvalue weighted by Gasteiger charge is 2.10. The maximum absolute atomic E-state index is 12.0. The molecule has 4 heteroatoms. The fourth-order valence-electron chi connectivity index (χ4n) is 2.09.